The van der Waals surface area contributed by atoms with E-state index in [2.05, 4.69) is 10.6 Å². The van der Waals surface area contributed by atoms with Crippen LogP contribution in [0.3, 0.4) is 0 Å². The van der Waals surface area contributed by atoms with Crippen LogP contribution >= 0.6 is 11.8 Å². The molecule has 0 unspecified atom stereocenters. The lowest BCUT2D eigenvalue weighted by Gasteiger charge is -2.22. The number of nitrogens with one attached hydrogen (secondary N) is 2. The molecule has 1 atom stereocenters. The zero-order chi connectivity index (χ0) is 16.3. The number of carbonyl (C=O) groups is 3. The molecular formula is C16H25N3O3S. The number of rotatable bonds is 5. The van der Waals surface area contributed by atoms with E-state index in [4.69, 9.17) is 0 Å². The molecule has 128 valence electrons. The van der Waals surface area contributed by atoms with Gasteiger partial charge in [0.1, 0.15) is 12.1 Å². The van der Waals surface area contributed by atoms with Gasteiger partial charge in [-0.15, -0.1) is 0 Å². The maximum atomic E-state index is 12.4. The smallest absolute Gasteiger partial charge is 0.325 e. The van der Waals surface area contributed by atoms with Crippen molar-refractivity contribution >= 4 is 29.6 Å². The number of nitrogens with zero attached hydrogens (tertiary/aromatic N) is 1. The van der Waals surface area contributed by atoms with Crippen molar-refractivity contribution in [2.24, 2.45) is 5.92 Å². The molecular weight excluding hydrogens is 314 g/mol. The third-order valence-corrected chi connectivity index (χ3v) is 6.36. The number of imide groups is 1. The van der Waals surface area contributed by atoms with Crippen LogP contribution < -0.4 is 10.6 Å². The summed E-state index contributed by atoms with van der Waals surface area (Å²) in [4.78, 5) is 37.6. The Labute approximate surface area is 141 Å². The minimum absolute atomic E-state index is 0.165. The molecule has 0 aromatic heterocycles. The molecule has 3 aliphatic rings. The molecule has 3 fully saturated rings. The second-order valence-corrected chi connectivity index (χ2v) is 7.95. The maximum absolute atomic E-state index is 12.4. The van der Waals surface area contributed by atoms with E-state index in [1.54, 1.807) is 11.8 Å². The molecule has 23 heavy (non-hydrogen) atoms. The highest BCUT2D eigenvalue weighted by molar-refractivity contribution is 7.99. The van der Waals surface area contributed by atoms with Gasteiger partial charge < -0.3 is 10.6 Å². The summed E-state index contributed by atoms with van der Waals surface area (Å²) in [6.45, 7) is 0.468. The Kier molecular flexibility index (Phi) is 5.14. The number of hydrogen-bond donors (Lipinski definition) is 2. The van der Waals surface area contributed by atoms with Crippen molar-refractivity contribution < 1.29 is 14.4 Å². The fourth-order valence-electron chi connectivity index (χ4n) is 3.74. The first kappa shape index (κ1) is 16.6. The molecule has 6 nitrogen and oxygen atoms in total. The van der Waals surface area contributed by atoms with Crippen LogP contribution in [-0.2, 0) is 9.59 Å². The van der Waals surface area contributed by atoms with E-state index in [1.807, 2.05) is 0 Å². The predicted octanol–water partition coefficient (Wildman–Crippen LogP) is 1.50. The van der Waals surface area contributed by atoms with Gasteiger partial charge in [0.25, 0.3) is 5.91 Å². The van der Waals surface area contributed by atoms with Crippen molar-refractivity contribution in [1.29, 1.82) is 0 Å². The maximum Gasteiger partial charge on any atom is 0.325 e. The molecule has 7 heteroatoms. The summed E-state index contributed by atoms with van der Waals surface area (Å²) in [6, 6.07) is -0.431. The highest BCUT2D eigenvalue weighted by Gasteiger charge is 2.53. The highest BCUT2D eigenvalue weighted by atomic mass is 32.2. The number of amides is 4. The first-order valence-corrected chi connectivity index (χ1v) is 9.75. The molecule has 0 radical (unpaired) electrons. The van der Waals surface area contributed by atoms with Gasteiger partial charge in [-0.25, -0.2) is 4.79 Å². The van der Waals surface area contributed by atoms with Crippen LogP contribution in [0.4, 0.5) is 4.79 Å². The molecule has 2 aliphatic heterocycles. The largest absolute Gasteiger partial charge is 0.355 e. The highest BCUT2D eigenvalue weighted by Crippen LogP contribution is 2.33. The summed E-state index contributed by atoms with van der Waals surface area (Å²) >= 11 is 1.66. The molecule has 0 aromatic rings. The van der Waals surface area contributed by atoms with E-state index >= 15 is 0 Å². The Balaban J connectivity index is 1.44. The Morgan fingerprint density at radius 1 is 1.30 bits per heavy atom. The van der Waals surface area contributed by atoms with Gasteiger partial charge in [0, 0.05) is 12.3 Å². The number of hydrogen-bond acceptors (Lipinski definition) is 4. The van der Waals surface area contributed by atoms with E-state index in [0.29, 0.717) is 24.6 Å². The minimum Gasteiger partial charge on any atom is -0.355 e. The first-order valence-electron chi connectivity index (χ1n) is 8.59. The van der Waals surface area contributed by atoms with Gasteiger partial charge in [0.15, 0.2) is 0 Å². The molecule has 2 saturated heterocycles. The van der Waals surface area contributed by atoms with E-state index < -0.39 is 11.6 Å². The van der Waals surface area contributed by atoms with Crippen molar-refractivity contribution in [3.8, 4) is 0 Å². The van der Waals surface area contributed by atoms with Gasteiger partial charge in [-0.3, -0.25) is 14.5 Å². The van der Waals surface area contributed by atoms with Crippen molar-refractivity contribution in [1.82, 2.24) is 15.5 Å². The minimum atomic E-state index is -0.760. The lowest BCUT2D eigenvalue weighted by molar-refractivity contribution is -0.134. The fourth-order valence-corrected chi connectivity index (χ4v) is 5.07. The van der Waals surface area contributed by atoms with Crippen LogP contribution in [0.1, 0.15) is 44.9 Å². The van der Waals surface area contributed by atoms with Gasteiger partial charge in [0.2, 0.25) is 5.91 Å². The fraction of sp³-hybridized carbons (Fsp3) is 0.812. The summed E-state index contributed by atoms with van der Waals surface area (Å²) in [5, 5.41) is 5.64. The van der Waals surface area contributed by atoms with Crippen LogP contribution in [0.5, 0.6) is 0 Å². The average molecular weight is 339 g/mol. The normalized spacial score (nSPS) is 28.4. The third-order valence-electron chi connectivity index (χ3n) is 5.17. The topological polar surface area (TPSA) is 78.5 Å². The molecule has 2 heterocycles. The molecule has 1 spiro atoms. The molecule has 2 N–H and O–H groups in total. The van der Waals surface area contributed by atoms with Gasteiger partial charge in [-0.2, -0.15) is 11.8 Å². The lowest BCUT2D eigenvalue weighted by atomic mass is 9.87. The standard InChI is InChI=1S/C16H25N3O3S/c20-13(17-8-6-12-4-2-1-3-5-12)10-19-14(21)16(18-15(19)22)7-9-23-11-16/h12H,1-11H2,(H,17,20)(H,18,22)/t16-/m0/s1. The van der Waals surface area contributed by atoms with Gasteiger partial charge in [0.05, 0.1) is 0 Å². The summed E-state index contributed by atoms with van der Waals surface area (Å²) in [5.41, 5.74) is -0.760. The van der Waals surface area contributed by atoms with Crippen LogP contribution in [0.25, 0.3) is 0 Å². The van der Waals surface area contributed by atoms with E-state index in [-0.39, 0.29) is 18.4 Å². The molecule has 1 aliphatic carbocycles. The number of thioether (sulfide) groups is 1. The quantitative estimate of drug-likeness (QED) is 0.744. The van der Waals surface area contributed by atoms with Crippen molar-refractivity contribution in [3.05, 3.63) is 0 Å². The molecule has 0 bridgehead atoms. The SMILES string of the molecule is O=C(CN1C(=O)N[C@]2(CCSC2)C1=O)NCCC1CCCCC1. The zero-order valence-corrected chi connectivity index (χ0v) is 14.3. The predicted molar refractivity (Wildman–Crippen MR) is 89.1 cm³/mol. The number of urea groups is 1. The van der Waals surface area contributed by atoms with Crippen LogP contribution in [0, 0.1) is 5.92 Å². The monoisotopic (exact) mass is 339 g/mol. The molecule has 1 saturated carbocycles. The van der Waals surface area contributed by atoms with E-state index in [0.717, 1.165) is 17.1 Å². The molecule has 3 rings (SSSR count). The third kappa shape index (κ3) is 3.65. The summed E-state index contributed by atoms with van der Waals surface area (Å²) < 4.78 is 0. The average Bonchev–Trinajstić information content (AvgIpc) is 3.10. The summed E-state index contributed by atoms with van der Waals surface area (Å²) in [5.74, 6) is 1.70. The van der Waals surface area contributed by atoms with Crippen LogP contribution in [0.15, 0.2) is 0 Å². The second kappa shape index (κ2) is 7.11. The van der Waals surface area contributed by atoms with Crippen molar-refractivity contribution in [3.63, 3.8) is 0 Å². The zero-order valence-electron chi connectivity index (χ0n) is 13.4. The first-order chi connectivity index (χ1) is 11.1. The van der Waals surface area contributed by atoms with E-state index in [1.165, 1.54) is 32.1 Å². The van der Waals surface area contributed by atoms with Crippen LogP contribution in [-0.4, -0.2) is 52.9 Å². The Morgan fingerprint density at radius 3 is 2.78 bits per heavy atom. The lowest BCUT2D eigenvalue weighted by Crippen LogP contribution is -2.47. The molecule has 0 aromatic carbocycles. The van der Waals surface area contributed by atoms with Crippen molar-refractivity contribution in [2.45, 2.75) is 50.5 Å². The van der Waals surface area contributed by atoms with Crippen LogP contribution in [0.2, 0.25) is 0 Å². The molecule has 4 amide bonds. The Morgan fingerprint density at radius 2 is 2.09 bits per heavy atom. The Bertz CT molecular complexity index is 485. The van der Waals surface area contributed by atoms with Crippen molar-refractivity contribution in [2.75, 3.05) is 24.6 Å². The number of carbonyl (C=O) groups excluding carboxylic acids is 3. The second-order valence-electron chi connectivity index (χ2n) is 6.85. The van der Waals surface area contributed by atoms with Gasteiger partial charge in [-0.1, -0.05) is 32.1 Å². The van der Waals surface area contributed by atoms with E-state index in [9.17, 15) is 14.4 Å². The van der Waals surface area contributed by atoms with Gasteiger partial charge in [-0.05, 0) is 24.5 Å². The Hall–Kier alpha value is -1.24. The van der Waals surface area contributed by atoms with Gasteiger partial charge >= 0.3 is 6.03 Å². The summed E-state index contributed by atoms with van der Waals surface area (Å²) in [7, 11) is 0. The summed E-state index contributed by atoms with van der Waals surface area (Å²) in [6.07, 6.45) is 8.07.